The summed E-state index contributed by atoms with van der Waals surface area (Å²) in [5.74, 6) is -0.428. The number of Topliss-reactive ketones (excluding diaryl/α,β-unsaturated/α-hetero) is 1. The van der Waals surface area contributed by atoms with E-state index in [1.807, 2.05) is 60.7 Å². The Morgan fingerprint density at radius 1 is 0.969 bits per heavy atom. The molecular formula is C24H29N5O2S. The summed E-state index contributed by atoms with van der Waals surface area (Å²) in [5.41, 5.74) is 13.6. The molecule has 3 rings (SSSR count). The summed E-state index contributed by atoms with van der Waals surface area (Å²) in [6.45, 7) is 0.470. The number of nitrogens with zero attached hydrogens (tertiary/aromatic N) is 2. The van der Waals surface area contributed by atoms with Crippen LogP contribution in [0.5, 0.6) is 0 Å². The van der Waals surface area contributed by atoms with Crippen LogP contribution in [0.2, 0.25) is 0 Å². The highest BCUT2D eigenvalue weighted by molar-refractivity contribution is 7.14. The van der Waals surface area contributed by atoms with Gasteiger partial charge in [-0.1, -0.05) is 72.0 Å². The van der Waals surface area contributed by atoms with Crippen LogP contribution in [0.1, 0.15) is 29.8 Å². The van der Waals surface area contributed by atoms with E-state index < -0.39 is 12.1 Å². The summed E-state index contributed by atoms with van der Waals surface area (Å²) in [6, 6.07) is 18.3. The van der Waals surface area contributed by atoms with Crippen LogP contribution in [0.4, 0.5) is 0 Å². The van der Waals surface area contributed by atoms with E-state index in [0.717, 1.165) is 16.1 Å². The highest BCUT2D eigenvalue weighted by atomic mass is 32.1. The molecule has 1 heterocycles. The second-order valence-corrected chi connectivity index (χ2v) is 8.69. The minimum Gasteiger partial charge on any atom is -0.345 e. The number of nitrogens with two attached hydrogens (primary N) is 2. The lowest BCUT2D eigenvalue weighted by Gasteiger charge is -2.20. The molecule has 2 aromatic carbocycles. The molecule has 1 amide bonds. The number of amides is 1. The lowest BCUT2D eigenvalue weighted by molar-refractivity contribution is -0.128. The molecular weight excluding hydrogens is 422 g/mol. The number of ketones is 1. The smallest absolute Gasteiger partial charge is 0.237 e. The highest BCUT2D eigenvalue weighted by Crippen LogP contribution is 2.23. The molecule has 0 saturated heterocycles. The van der Waals surface area contributed by atoms with E-state index in [-0.39, 0.29) is 18.1 Å². The van der Waals surface area contributed by atoms with Gasteiger partial charge in [-0.05, 0) is 37.8 Å². The van der Waals surface area contributed by atoms with Gasteiger partial charge >= 0.3 is 0 Å². The maximum absolute atomic E-state index is 13.1. The zero-order chi connectivity index (χ0) is 22.8. The monoisotopic (exact) mass is 451 g/mol. The Bertz CT molecular complexity index is 994. The Morgan fingerprint density at radius 3 is 2.34 bits per heavy atom. The lowest BCUT2D eigenvalue weighted by Crippen LogP contribution is -2.49. The van der Waals surface area contributed by atoms with E-state index in [0.29, 0.717) is 37.2 Å². The molecule has 0 spiro atoms. The predicted molar refractivity (Wildman–Crippen MR) is 127 cm³/mol. The van der Waals surface area contributed by atoms with Gasteiger partial charge in [-0.3, -0.25) is 9.59 Å². The molecule has 0 aliphatic carbocycles. The van der Waals surface area contributed by atoms with Crippen molar-refractivity contribution >= 4 is 23.0 Å². The zero-order valence-electron chi connectivity index (χ0n) is 17.9. The van der Waals surface area contributed by atoms with Gasteiger partial charge in [-0.2, -0.15) is 0 Å². The number of hydrogen-bond donors (Lipinski definition) is 3. The third-order valence-electron chi connectivity index (χ3n) is 5.14. The van der Waals surface area contributed by atoms with Gasteiger partial charge in [0.25, 0.3) is 0 Å². The van der Waals surface area contributed by atoms with Crippen molar-refractivity contribution in [3.8, 4) is 10.6 Å². The van der Waals surface area contributed by atoms with E-state index in [2.05, 4.69) is 15.5 Å². The fraction of sp³-hybridized carbons (Fsp3) is 0.333. The second kappa shape index (κ2) is 12.2. The van der Waals surface area contributed by atoms with E-state index in [1.54, 1.807) is 0 Å². The minimum absolute atomic E-state index is 0.101. The van der Waals surface area contributed by atoms with Crippen LogP contribution in [0.3, 0.4) is 0 Å². The van der Waals surface area contributed by atoms with Crippen molar-refractivity contribution in [2.24, 2.45) is 11.5 Å². The van der Waals surface area contributed by atoms with Crippen molar-refractivity contribution in [1.82, 2.24) is 15.5 Å². The number of aromatic nitrogens is 2. The van der Waals surface area contributed by atoms with Gasteiger partial charge in [-0.25, -0.2) is 0 Å². The molecule has 0 unspecified atom stereocenters. The van der Waals surface area contributed by atoms with E-state index in [9.17, 15) is 9.59 Å². The third kappa shape index (κ3) is 7.05. The summed E-state index contributed by atoms with van der Waals surface area (Å²) in [7, 11) is 0. The molecule has 168 valence electrons. The first-order valence-corrected chi connectivity index (χ1v) is 11.6. The predicted octanol–water partition coefficient (Wildman–Crippen LogP) is 2.50. The average molecular weight is 452 g/mol. The standard InChI is InChI=1S/C24H29N5O2S/c25-15-7-12-19(26)23(31)27-20(14-13-17-8-3-1-4-9-17)21(30)16-22-28-29-24(32-22)18-10-5-2-6-11-18/h1-6,8-11,19-20H,7,12-16,25-26H2,(H,27,31)/t19-,20+/m0/s1. The molecule has 0 bridgehead atoms. The number of benzene rings is 2. The quantitative estimate of drug-likeness (QED) is 0.389. The van der Waals surface area contributed by atoms with Gasteiger partial charge < -0.3 is 16.8 Å². The van der Waals surface area contributed by atoms with E-state index >= 15 is 0 Å². The first kappa shape index (κ1) is 23.7. The van der Waals surface area contributed by atoms with Crippen LogP contribution in [0.15, 0.2) is 60.7 Å². The van der Waals surface area contributed by atoms with Crippen molar-refractivity contribution in [2.75, 3.05) is 6.54 Å². The number of rotatable bonds is 12. The fourth-order valence-electron chi connectivity index (χ4n) is 3.31. The van der Waals surface area contributed by atoms with Crippen molar-refractivity contribution in [1.29, 1.82) is 0 Å². The van der Waals surface area contributed by atoms with Crippen LogP contribution in [-0.4, -0.2) is 40.5 Å². The maximum atomic E-state index is 13.1. The molecule has 0 radical (unpaired) electrons. The first-order chi connectivity index (χ1) is 15.6. The van der Waals surface area contributed by atoms with Gasteiger partial charge in [0.05, 0.1) is 18.5 Å². The molecule has 5 N–H and O–H groups in total. The SMILES string of the molecule is NCCC[C@H](N)C(=O)N[C@H](CCc1ccccc1)C(=O)Cc1nnc(-c2ccccc2)s1. The van der Waals surface area contributed by atoms with E-state index in [4.69, 9.17) is 11.5 Å². The zero-order valence-corrected chi connectivity index (χ0v) is 18.8. The number of carbonyl (C=O) groups excluding carboxylic acids is 2. The topological polar surface area (TPSA) is 124 Å². The van der Waals surface area contributed by atoms with Gasteiger partial charge in [0, 0.05) is 5.56 Å². The van der Waals surface area contributed by atoms with Crippen LogP contribution < -0.4 is 16.8 Å². The fourth-order valence-corrected chi connectivity index (χ4v) is 4.17. The first-order valence-electron chi connectivity index (χ1n) is 10.8. The van der Waals surface area contributed by atoms with Gasteiger partial charge in [-0.15, -0.1) is 10.2 Å². The molecule has 0 aliphatic rings. The Balaban J connectivity index is 1.67. The largest absolute Gasteiger partial charge is 0.345 e. The van der Waals surface area contributed by atoms with Crippen LogP contribution in [0.25, 0.3) is 10.6 Å². The highest BCUT2D eigenvalue weighted by Gasteiger charge is 2.24. The van der Waals surface area contributed by atoms with Crippen LogP contribution in [-0.2, 0) is 22.4 Å². The number of aryl methyl sites for hydroxylation is 1. The Morgan fingerprint density at radius 2 is 1.66 bits per heavy atom. The van der Waals surface area contributed by atoms with Crippen LogP contribution >= 0.6 is 11.3 Å². The summed E-state index contributed by atoms with van der Waals surface area (Å²) < 4.78 is 0. The molecule has 7 nitrogen and oxygen atoms in total. The summed E-state index contributed by atoms with van der Waals surface area (Å²) in [5, 5.41) is 12.6. The van der Waals surface area contributed by atoms with E-state index in [1.165, 1.54) is 11.3 Å². The lowest BCUT2D eigenvalue weighted by atomic mass is 10.00. The molecule has 1 aromatic heterocycles. The van der Waals surface area contributed by atoms with Crippen molar-refractivity contribution in [3.63, 3.8) is 0 Å². The Labute approximate surface area is 192 Å². The summed E-state index contributed by atoms with van der Waals surface area (Å²) in [4.78, 5) is 25.7. The van der Waals surface area contributed by atoms with Crippen LogP contribution in [0, 0.1) is 0 Å². The summed E-state index contributed by atoms with van der Waals surface area (Å²) in [6.07, 6.45) is 2.41. The third-order valence-corrected chi connectivity index (χ3v) is 6.11. The number of nitrogens with one attached hydrogen (secondary N) is 1. The normalized spacial score (nSPS) is 12.8. The van der Waals surface area contributed by atoms with Crippen molar-refractivity contribution in [2.45, 2.75) is 44.2 Å². The number of hydrogen-bond acceptors (Lipinski definition) is 7. The van der Waals surface area contributed by atoms with Gasteiger partial charge in [0.2, 0.25) is 5.91 Å². The molecule has 0 fully saturated rings. The van der Waals surface area contributed by atoms with Gasteiger partial charge in [0.15, 0.2) is 5.78 Å². The average Bonchev–Trinajstić information content (AvgIpc) is 3.29. The Hall–Kier alpha value is -2.94. The maximum Gasteiger partial charge on any atom is 0.237 e. The van der Waals surface area contributed by atoms with Gasteiger partial charge in [0.1, 0.15) is 10.0 Å². The van der Waals surface area contributed by atoms with Crippen molar-refractivity contribution < 1.29 is 9.59 Å². The molecule has 8 heteroatoms. The summed E-state index contributed by atoms with van der Waals surface area (Å²) >= 11 is 1.39. The molecule has 3 aromatic rings. The van der Waals surface area contributed by atoms with Crippen molar-refractivity contribution in [3.05, 3.63) is 71.2 Å². The molecule has 0 saturated carbocycles. The number of carbonyl (C=O) groups is 2. The molecule has 32 heavy (non-hydrogen) atoms. The second-order valence-electron chi connectivity index (χ2n) is 7.63. The molecule has 2 atom stereocenters. The minimum atomic E-state index is -0.684. The Kier molecular flexibility index (Phi) is 9.03. The molecule has 0 aliphatic heterocycles.